The molecule has 1 saturated heterocycles. The summed E-state index contributed by atoms with van der Waals surface area (Å²) >= 11 is 0. The molecule has 0 aliphatic carbocycles. The van der Waals surface area contributed by atoms with Crippen molar-refractivity contribution in [2.24, 2.45) is 11.3 Å². The van der Waals surface area contributed by atoms with Gasteiger partial charge in [-0.1, -0.05) is 32.9 Å². The summed E-state index contributed by atoms with van der Waals surface area (Å²) in [4.78, 5) is 14.3. The van der Waals surface area contributed by atoms with Crippen LogP contribution in [0.1, 0.15) is 45.3 Å². The summed E-state index contributed by atoms with van der Waals surface area (Å²) in [5.41, 5.74) is 0.527. The van der Waals surface area contributed by atoms with E-state index in [-0.39, 0.29) is 11.3 Å². The fraction of sp³-hybridized carbons (Fsp3) is 0.650. The summed E-state index contributed by atoms with van der Waals surface area (Å²) in [7, 11) is 1.63. The van der Waals surface area contributed by atoms with Crippen molar-refractivity contribution in [2.45, 2.75) is 39.7 Å². The Hall–Kier alpha value is -1.59. The van der Waals surface area contributed by atoms with Gasteiger partial charge in [0.1, 0.15) is 5.75 Å². The average molecular weight is 348 g/mol. The minimum absolute atomic E-state index is 0.0982. The number of ether oxygens (including phenoxy) is 1. The van der Waals surface area contributed by atoms with E-state index in [4.69, 9.17) is 4.74 Å². The highest BCUT2D eigenvalue weighted by Crippen LogP contribution is 2.23. The Morgan fingerprint density at radius 2 is 2.20 bits per heavy atom. The first-order valence-electron chi connectivity index (χ1n) is 9.12. The predicted octanol–water partition coefficient (Wildman–Crippen LogP) is 2.60. The summed E-state index contributed by atoms with van der Waals surface area (Å²) in [6.45, 7) is 9.01. The first-order valence-corrected chi connectivity index (χ1v) is 9.12. The summed E-state index contributed by atoms with van der Waals surface area (Å²) in [6.07, 6.45) is 1.69. The molecular formula is C20H32N2O3. The van der Waals surface area contributed by atoms with Crippen molar-refractivity contribution in [3.8, 4) is 5.75 Å². The third-order valence-electron chi connectivity index (χ3n) is 4.75. The number of methoxy groups -OCH3 is 1. The molecular weight excluding hydrogens is 316 g/mol. The Kier molecular flexibility index (Phi) is 6.85. The average Bonchev–Trinajstić information content (AvgIpc) is 2.59. The van der Waals surface area contributed by atoms with Crippen LogP contribution in [0.4, 0.5) is 0 Å². The lowest BCUT2D eigenvalue weighted by Crippen LogP contribution is -2.44. The van der Waals surface area contributed by atoms with E-state index in [9.17, 15) is 9.90 Å². The molecule has 0 spiro atoms. The standard InChI is InChI=1S/C20H32N2O3/c1-20(2,3)19(24)21-12-15-7-6-10-22(13-15)14-18(23)16-8-5-9-17(11-16)25-4/h5,8-9,11,15,18,23H,6-7,10,12-14H2,1-4H3,(H,21,24). The van der Waals surface area contributed by atoms with Crippen LogP contribution in [0.25, 0.3) is 0 Å². The normalized spacial score (nSPS) is 20.1. The number of aliphatic hydroxyl groups is 1. The Balaban J connectivity index is 1.85. The number of β-amino-alcohol motifs (C(OH)–C–C–N with tert-alkyl or cyclic N) is 1. The zero-order chi connectivity index (χ0) is 18.4. The Bertz CT molecular complexity index is 568. The van der Waals surface area contributed by atoms with Crippen LogP contribution in [0.5, 0.6) is 5.75 Å². The van der Waals surface area contributed by atoms with E-state index in [0.717, 1.165) is 37.2 Å². The van der Waals surface area contributed by atoms with Crippen LogP contribution in [0.15, 0.2) is 24.3 Å². The summed E-state index contributed by atoms with van der Waals surface area (Å²) in [5, 5.41) is 13.6. The number of benzene rings is 1. The first kappa shape index (κ1) is 19.7. The van der Waals surface area contributed by atoms with Crippen molar-refractivity contribution in [1.82, 2.24) is 10.2 Å². The zero-order valence-corrected chi connectivity index (χ0v) is 15.9. The second-order valence-corrected chi connectivity index (χ2v) is 8.02. The van der Waals surface area contributed by atoms with Crippen LogP contribution in [0.2, 0.25) is 0 Å². The number of likely N-dealkylation sites (tertiary alicyclic amines) is 1. The highest BCUT2D eigenvalue weighted by Gasteiger charge is 2.25. The molecule has 25 heavy (non-hydrogen) atoms. The lowest BCUT2D eigenvalue weighted by atomic mass is 9.93. The Morgan fingerprint density at radius 3 is 2.88 bits per heavy atom. The van der Waals surface area contributed by atoms with Gasteiger partial charge in [-0.2, -0.15) is 0 Å². The minimum Gasteiger partial charge on any atom is -0.497 e. The Labute approximate surface area is 151 Å². The number of nitrogens with one attached hydrogen (secondary N) is 1. The van der Waals surface area contributed by atoms with E-state index in [1.54, 1.807) is 7.11 Å². The summed E-state index contributed by atoms with van der Waals surface area (Å²) < 4.78 is 5.23. The summed E-state index contributed by atoms with van der Waals surface area (Å²) in [5.74, 6) is 1.30. The first-order chi connectivity index (χ1) is 11.8. The highest BCUT2D eigenvalue weighted by atomic mass is 16.5. The van der Waals surface area contributed by atoms with E-state index in [1.807, 2.05) is 45.0 Å². The third kappa shape index (κ3) is 6.01. The molecule has 2 N–H and O–H groups in total. The van der Waals surface area contributed by atoms with Gasteiger partial charge < -0.3 is 20.1 Å². The van der Waals surface area contributed by atoms with E-state index in [1.165, 1.54) is 0 Å². The van der Waals surface area contributed by atoms with Crippen molar-refractivity contribution >= 4 is 5.91 Å². The van der Waals surface area contributed by atoms with Gasteiger partial charge in [0, 0.05) is 25.0 Å². The van der Waals surface area contributed by atoms with Gasteiger partial charge in [-0.3, -0.25) is 4.79 Å². The van der Waals surface area contributed by atoms with E-state index < -0.39 is 6.10 Å². The number of hydrogen-bond donors (Lipinski definition) is 2. The quantitative estimate of drug-likeness (QED) is 0.829. The fourth-order valence-electron chi connectivity index (χ4n) is 3.18. The van der Waals surface area contributed by atoms with Gasteiger partial charge in [0.25, 0.3) is 0 Å². The molecule has 1 aromatic carbocycles. The van der Waals surface area contributed by atoms with Gasteiger partial charge >= 0.3 is 0 Å². The van der Waals surface area contributed by atoms with Gasteiger partial charge in [0.05, 0.1) is 13.2 Å². The molecule has 2 unspecified atom stereocenters. The van der Waals surface area contributed by atoms with Crippen LogP contribution in [0, 0.1) is 11.3 Å². The van der Waals surface area contributed by atoms with Crippen LogP contribution >= 0.6 is 0 Å². The lowest BCUT2D eigenvalue weighted by molar-refractivity contribution is -0.128. The number of carbonyl (C=O) groups is 1. The molecule has 1 fully saturated rings. The Morgan fingerprint density at radius 1 is 1.44 bits per heavy atom. The molecule has 1 aliphatic heterocycles. The van der Waals surface area contributed by atoms with Crippen molar-refractivity contribution in [3.05, 3.63) is 29.8 Å². The number of piperidine rings is 1. The molecule has 0 aromatic heterocycles. The third-order valence-corrected chi connectivity index (χ3v) is 4.75. The maximum atomic E-state index is 12.0. The van der Waals surface area contributed by atoms with Gasteiger partial charge in [-0.05, 0) is 43.0 Å². The SMILES string of the molecule is COc1cccc(C(O)CN2CCCC(CNC(=O)C(C)(C)C)C2)c1. The molecule has 2 atom stereocenters. The minimum atomic E-state index is -0.530. The molecule has 0 saturated carbocycles. The van der Waals surface area contributed by atoms with Crippen molar-refractivity contribution in [3.63, 3.8) is 0 Å². The number of amides is 1. The topological polar surface area (TPSA) is 61.8 Å². The zero-order valence-electron chi connectivity index (χ0n) is 15.9. The number of nitrogens with zero attached hydrogens (tertiary/aromatic N) is 1. The predicted molar refractivity (Wildman–Crippen MR) is 99.6 cm³/mol. The molecule has 5 nitrogen and oxygen atoms in total. The second-order valence-electron chi connectivity index (χ2n) is 8.02. The number of carbonyl (C=O) groups excluding carboxylic acids is 1. The van der Waals surface area contributed by atoms with Crippen LogP contribution in [-0.2, 0) is 4.79 Å². The monoisotopic (exact) mass is 348 g/mol. The molecule has 5 heteroatoms. The fourth-order valence-corrected chi connectivity index (χ4v) is 3.18. The highest BCUT2D eigenvalue weighted by molar-refractivity contribution is 5.81. The number of hydrogen-bond acceptors (Lipinski definition) is 4. The van der Waals surface area contributed by atoms with Crippen molar-refractivity contribution in [2.75, 3.05) is 33.3 Å². The van der Waals surface area contributed by atoms with Gasteiger partial charge in [0.15, 0.2) is 0 Å². The molecule has 1 amide bonds. The second kappa shape index (κ2) is 8.68. The van der Waals surface area contributed by atoms with Gasteiger partial charge in [-0.15, -0.1) is 0 Å². The van der Waals surface area contributed by atoms with E-state index in [2.05, 4.69) is 10.2 Å². The van der Waals surface area contributed by atoms with E-state index in [0.29, 0.717) is 19.0 Å². The number of aliphatic hydroxyl groups excluding tert-OH is 1. The van der Waals surface area contributed by atoms with Crippen LogP contribution in [0.3, 0.4) is 0 Å². The molecule has 1 heterocycles. The van der Waals surface area contributed by atoms with E-state index >= 15 is 0 Å². The van der Waals surface area contributed by atoms with Crippen LogP contribution < -0.4 is 10.1 Å². The van der Waals surface area contributed by atoms with Crippen LogP contribution in [-0.4, -0.2) is 49.2 Å². The molecule has 1 aromatic rings. The summed E-state index contributed by atoms with van der Waals surface area (Å²) in [6, 6.07) is 7.59. The molecule has 140 valence electrons. The molecule has 1 aliphatic rings. The molecule has 0 radical (unpaired) electrons. The largest absolute Gasteiger partial charge is 0.497 e. The molecule has 0 bridgehead atoms. The van der Waals surface area contributed by atoms with Crippen molar-refractivity contribution in [1.29, 1.82) is 0 Å². The maximum absolute atomic E-state index is 12.0. The van der Waals surface area contributed by atoms with Crippen molar-refractivity contribution < 1.29 is 14.6 Å². The van der Waals surface area contributed by atoms with Gasteiger partial charge in [-0.25, -0.2) is 0 Å². The molecule has 2 rings (SSSR count). The van der Waals surface area contributed by atoms with Gasteiger partial charge in [0.2, 0.25) is 5.91 Å². The number of rotatable bonds is 6. The lowest BCUT2D eigenvalue weighted by Gasteiger charge is -2.34. The maximum Gasteiger partial charge on any atom is 0.225 e. The smallest absolute Gasteiger partial charge is 0.225 e.